The second-order valence-electron chi connectivity index (χ2n) is 6.85. The molecule has 152 valence electrons. The zero-order chi connectivity index (χ0) is 20.5. The Morgan fingerprint density at radius 2 is 1.50 bits per heavy atom. The molecule has 0 aromatic heterocycles. The van der Waals surface area contributed by atoms with Crippen LogP contribution in [0.3, 0.4) is 0 Å². The number of benzene rings is 2. The van der Waals surface area contributed by atoms with Gasteiger partial charge < -0.3 is 4.74 Å². The van der Waals surface area contributed by atoms with Crippen molar-refractivity contribution < 1.29 is 26.0 Å². The second kappa shape index (κ2) is 7.90. The van der Waals surface area contributed by atoms with Crippen LogP contribution < -0.4 is 4.72 Å². The Kier molecular flexibility index (Phi) is 5.90. The van der Waals surface area contributed by atoms with Crippen molar-refractivity contribution in [2.75, 3.05) is 13.2 Å². The molecule has 0 amide bonds. The highest BCUT2D eigenvalue weighted by molar-refractivity contribution is 7.91. The smallest absolute Gasteiger partial charge is 0.241 e. The first-order chi connectivity index (χ1) is 13.1. The lowest BCUT2D eigenvalue weighted by Gasteiger charge is -2.23. The average molecular weight is 428 g/mol. The number of halogens is 1. The van der Waals surface area contributed by atoms with Crippen molar-refractivity contribution in [2.45, 2.75) is 47.4 Å². The van der Waals surface area contributed by atoms with Gasteiger partial charge in [-0.25, -0.2) is 25.9 Å². The van der Waals surface area contributed by atoms with E-state index in [9.17, 15) is 21.2 Å². The number of sulfonamides is 1. The Bertz CT molecular complexity index is 1070. The molecule has 1 N–H and O–H groups in total. The first-order valence-corrected chi connectivity index (χ1v) is 11.8. The Balaban J connectivity index is 2.04. The number of hydrogen-bond acceptors (Lipinski definition) is 5. The molecule has 0 radical (unpaired) electrons. The van der Waals surface area contributed by atoms with E-state index in [1.807, 2.05) is 0 Å². The molecule has 1 saturated heterocycles. The van der Waals surface area contributed by atoms with Crippen LogP contribution in [0.2, 0.25) is 0 Å². The van der Waals surface area contributed by atoms with Crippen LogP contribution in [0.15, 0.2) is 51.1 Å². The van der Waals surface area contributed by atoms with E-state index in [0.717, 1.165) is 12.1 Å². The summed E-state index contributed by atoms with van der Waals surface area (Å²) in [6, 6.07) is 6.91. The van der Waals surface area contributed by atoms with E-state index in [2.05, 4.69) is 4.72 Å². The number of nitrogens with one attached hydrogen (secondary N) is 1. The number of aryl methyl sites for hydroxylation is 2. The van der Waals surface area contributed by atoms with E-state index in [1.165, 1.54) is 24.3 Å². The van der Waals surface area contributed by atoms with Gasteiger partial charge in [0.05, 0.1) is 14.7 Å². The van der Waals surface area contributed by atoms with Crippen LogP contribution in [-0.2, 0) is 24.6 Å². The highest BCUT2D eigenvalue weighted by atomic mass is 32.2. The van der Waals surface area contributed by atoms with E-state index < -0.39 is 25.7 Å². The topological polar surface area (TPSA) is 89.5 Å². The van der Waals surface area contributed by atoms with E-state index in [4.69, 9.17) is 4.74 Å². The highest BCUT2D eigenvalue weighted by Crippen LogP contribution is 2.29. The van der Waals surface area contributed by atoms with Crippen LogP contribution in [-0.4, -0.2) is 36.1 Å². The molecular formula is C19H22FNO5S2. The lowest BCUT2D eigenvalue weighted by molar-refractivity contribution is 0.0832. The summed E-state index contributed by atoms with van der Waals surface area (Å²) >= 11 is 0. The lowest BCUT2D eigenvalue weighted by Crippen LogP contribution is -2.39. The van der Waals surface area contributed by atoms with Gasteiger partial charge in [-0.15, -0.1) is 0 Å². The third-order valence-corrected chi connectivity index (χ3v) is 8.29. The molecule has 1 aliphatic rings. The van der Waals surface area contributed by atoms with Crippen LogP contribution in [0.1, 0.15) is 24.0 Å². The van der Waals surface area contributed by atoms with Gasteiger partial charge in [-0.1, -0.05) is 6.07 Å². The minimum Gasteiger partial charge on any atom is -0.381 e. The van der Waals surface area contributed by atoms with Crippen molar-refractivity contribution in [3.63, 3.8) is 0 Å². The predicted molar refractivity (Wildman–Crippen MR) is 102 cm³/mol. The summed E-state index contributed by atoms with van der Waals surface area (Å²) in [6.07, 6.45) is 1.12. The Labute approximate surface area is 164 Å². The zero-order valence-corrected chi connectivity index (χ0v) is 17.2. The van der Waals surface area contributed by atoms with Gasteiger partial charge in [-0.2, -0.15) is 0 Å². The van der Waals surface area contributed by atoms with Crippen LogP contribution in [0, 0.1) is 19.7 Å². The Morgan fingerprint density at radius 3 is 2.11 bits per heavy atom. The summed E-state index contributed by atoms with van der Waals surface area (Å²) in [5.74, 6) is -0.552. The molecule has 0 saturated carbocycles. The summed E-state index contributed by atoms with van der Waals surface area (Å²) in [5, 5.41) is 0. The fourth-order valence-corrected chi connectivity index (χ4v) is 6.37. The van der Waals surface area contributed by atoms with Gasteiger partial charge in [-0.05, 0) is 68.1 Å². The molecule has 6 nitrogen and oxygen atoms in total. The first-order valence-electron chi connectivity index (χ1n) is 8.83. The molecule has 1 heterocycles. The number of rotatable bonds is 5. The molecule has 0 aliphatic carbocycles. The zero-order valence-electron chi connectivity index (χ0n) is 15.6. The van der Waals surface area contributed by atoms with Gasteiger partial charge >= 0.3 is 0 Å². The fraction of sp³-hybridized carbons (Fsp3) is 0.368. The maximum absolute atomic E-state index is 13.2. The van der Waals surface area contributed by atoms with Gasteiger partial charge in [0.1, 0.15) is 5.82 Å². The summed E-state index contributed by atoms with van der Waals surface area (Å²) in [6.45, 7) is 4.18. The Morgan fingerprint density at radius 1 is 0.929 bits per heavy atom. The standard InChI is InChI=1S/C19H22FNO5S2/c1-13-11-14(2)19(28(24,25)21-16-7-9-26-10-8-16)12-18(13)27(22,23)17-5-3-15(20)4-6-17/h3-6,11-12,16,21H,7-10H2,1-2H3. The summed E-state index contributed by atoms with van der Waals surface area (Å²) in [7, 11) is -7.91. The normalized spacial score (nSPS) is 16.2. The molecule has 0 atom stereocenters. The van der Waals surface area contributed by atoms with E-state index >= 15 is 0 Å². The molecule has 3 rings (SSSR count). The molecule has 0 spiro atoms. The largest absolute Gasteiger partial charge is 0.381 e. The summed E-state index contributed by atoms with van der Waals surface area (Å²) < 4.78 is 72.8. The molecule has 2 aromatic rings. The van der Waals surface area contributed by atoms with Gasteiger partial charge in [0.25, 0.3) is 0 Å². The molecule has 1 aliphatic heterocycles. The third kappa shape index (κ3) is 4.27. The van der Waals surface area contributed by atoms with Gasteiger partial charge in [0.15, 0.2) is 0 Å². The summed E-state index contributed by atoms with van der Waals surface area (Å²) in [4.78, 5) is -0.288. The van der Waals surface area contributed by atoms with Crippen LogP contribution in [0.4, 0.5) is 4.39 Å². The van der Waals surface area contributed by atoms with E-state index in [1.54, 1.807) is 13.8 Å². The Hall–Kier alpha value is -1.81. The first kappa shape index (κ1) is 20.9. The quantitative estimate of drug-likeness (QED) is 0.741. The molecule has 2 aromatic carbocycles. The maximum atomic E-state index is 13.2. The van der Waals surface area contributed by atoms with Crippen LogP contribution in [0.25, 0.3) is 0 Å². The third-order valence-electron chi connectivity index (χ3n) is 4.72. The minimum atomic E-state index is -4.00. The number of ether oxygens (including phenoxy) is 1. The van der Waals surface area contributed by atoms with Crippen molar-refractivity contribution in [2.24, 2.45) is 0 Å². The average Bonchev–Trinajstić information content (AvgIpc) is 2.62. The van der Waals surface area contributed by atoms with Crippen LogP contribution >= 0.6 is 0 Å². The SMILES string of the molecule is Cc1cc(C)c(S(=O)(=O)c2ccc(F)cc2)cc1S(=O)(=O)NC1CCOCC1. The van der Waals surface area contributed by atoms with E-state index in [0.29, 0.717) is 37.2 Å². The molecule has 0 unspecified atom stereocenters. The van der Waals surface area contributed by atoms with Crippen molar-refractivity contribution in [3.05, 3.63) is 53.3 Å². The molecule has 1 fully saturated rings. The maximum Gasteiger partial charge on any atom is 0.241 e. The fourth-order valence-electron chi connectivity index (χ4n) is 3.23. The van der Waals surface area contributed by atoms with Crippen molar-refractivity contribution in [3.8, 4) is 0 Å². The van der Waals surface area contributed by atoms with Crippen molar-refractivity contribution in [1.82, 2.24) is 4.72 Å². The molecule has 28 heavy (non-hydrogen) atoms. The van der Waals surface area contributed by atoms with Gasteiger partial charge in [-0.3, -0.25) is 0 Å². The minimum absolute atomic E-state index is 0.0784. The lowest BCUT2D eigenvalue weighted by atomic mass is 10.1. The van der Waals surface area contributed by atoms with Crippen LogP contribution in [0.5, 0.6) is 0 Å². The predicted octanol–water partition coefficient (Wildman–Crippen LogP) is 2.73. The van der Waals surface area contributed by atoms with E-state index in [-0.39, 0.29) is 20.7 Å². The van der Waals surface area contributed by atoms with Gasteiger partial charge in [0, 0.05) is 19.3 Å². The molecule has 9 heteroatoms. The van der Waals surface area contributed by atoms with Crippen molar-refractivity contribution >= 4 is 19.9 Å². The van der Waals surface area contributed by atoms with Gasteiger partial charge in [0.2, 0.25) is 19.9 Å². The number of sulfone groups is 1. The molecular weight excluding hydrogens is 405 g/mol. The summed E-state index contributed by atoms with van der Waals surface area (Å²) in [5.41, 5.74) is 0.877. The monoisotopic (exact) mass is 427 g/mol. The highest BCUT2D eigenvalue weighted by Gasteiger charge is 2.27. The molecule has 0 bridgehead atoms. The number of hydrogen-bond donors (Lipinski definition) is 1. The second-order valence-corrected chi connectivity index (χ2v) is 10.4. The van der Waals surface area contributed by atoms with Crippen molar-refractivity contribution in [1.29, 1.82) is 0 Å².